The van der Waals surface area contributed by atoms with Gasteiger partial charge in [-0.1, -0.05) is 18.5 Å². The van der Waals surface area contributed by atoms with Crippen molar-refractivity contribution in [2.24, 2.45) is 11.8 Å². The number of nitrogens with zero attached hydrogens (tertiary/aromatic N) is 2. The molecule has 6 heteroatoms. The van der Waals surface area contributed by atoms with E-state index in [1.165, 1.54) is 11.1 Å². The number of likely N-dealkylation sites (tertiary alicyclic amines) is 1. The van der Waals surface area contributed by atoms with E-state index in [9.17, 15) is 9.59 Å². The second-order valence-electron chi connectivity index (χ2n) is 4.94. The van der Waals surface area contributed by atoms with Crippen LogP contribution in [0.4, 0.5) is 0 Å². The maximum Gasteiger partial charge on any atom is 0.308 e. The normalized spacial score (nSPS) is 22.6. The van der Waals surface area contributed by atoms with Gasteiger partial charge in [-0.15, -0.1) is 0 Å². The van der Waals surface area contributed by atoms with Gasteiger partial charge < -0.3 is 10.0 Å². The summed E-state index contributed by atoms with van der Waals surface area (Å²) in [6, 6.07) is 1.63. The summed E-state index contributed by atoms with van der Waals surface area (Å²) in [5.41, 5.74) is 1.06. The molecule has 2 unspecified atom stereocenters. The van der Waals surface area contributed by atoms with Crippen LogP contribution in [-0.2, 0) is 4.79 Å². The summed E-state index contributed by atoms with van der Waals surface area (Å²) in [7, 11) is 0. The maximum absolute atomic E-state index is 12.3. The number of halogens is 1. The Morgan fingerprint density at radius 2 is 2.16 bits per heavy atom. The van der Waals surface area contributed by atoms with Gasteiger partial charge in [0.2, 0.25) is 0 Å². The van der Waals surface area contributed by atoms with E-state index in [1.54, 1.807) is 13.0 Å². The SMILES string of the molecule is Cc1cc(Cl)c(C(=O)N2CC(C)C(C(=O)O)C2)cn1. The molecule has 0 spiro atoms. The van der Waals surface area contributed by atoms with Gasteiger partial charge in [0.1, 0.15) is 0 Å². The second kappa shape index (κ2) is 5.17. The number of aromatic nitrogens is 1. The molecule has 2 rings (SSSR count). The van der Waals surface area contributed by atoms with Gasteiger partial charge in [-0.3, -0.25) is 14.6 Å². The Kier molecular flexibility index (Phi) is 3.75. The molecule has 1 aromatic rings. The molecule has 5 nitrogen and oxygen atoms in total. The van der Waals surface area contributed by atoms with Crippen molar-refractivity contribution >= 4 is 23.5 Å². The lowest BCUT2D eigenvalue weighted by Gasteiger charge is -2.16. The number of carboxylic acids is 1. The van der Waals surface area contributed by atoms with Gasteiger partial charge in [0.15, 0.2) is 0 Å². The van der Waals surface area contributed by atoms with Crippen molar-refractivity contribution in [3.8, 4) is 0 Å². The number of pyridine rings is 1. The number of carbonyl (C=O) groups is 2. The minimum absolute atomic E-state index is 0.0568. The van der Waals surface area contributed by atoms with Crippen molar-refractivity contribution in [1.29, 1.82) is 0 Å². The Bertz CT molecular complexity index is 533. The molecule has 0 saturated carbocycles. The van der Waals surface area contributed by atoms with E-state index in [0.29, 0.717) is 17.1 Å². The van der Waals surface area contributed by atoms with E-state index in [-0.39, 0.29) is 18.4 Å². The summed E-state index contributed by atoms with van der Waals surface area (Å²) >= 11 is 6.03. The number of rotatable bonds is 2. The number of aliphatic carboxylic acids is 1. The maximum atomic E-state index is 12.3. The summed E-state index contributed by atoms with van der Waals surface area (Å²) in [5.74, 6) is -1.69. The molecule has 1 N–H and O–H groups in total. The number of hydrogen-bond acceptors (Lipinski definition) is 3. The van der Waals surface area contributed by atoms with Crippen molar-refractivity contribution in [3.05, 3.63) is 28.5 Å². The third kappa shape index (κ3) is 2.71. The van der Waals surface area contributed by atoms with Crippen molar-refractivity contribution < 1.29 is 14.7 Å². The molecule has 1 aliphatic heterocycles. The van der Waals surface area contributed by atoms with Crippen LogP contribution in [0.1, 0.15) is 23.0 Å². The highest BCUT2D eigenvalue weighted by Gasteiger charge is 2.37. The number of hydrogen-bond donors (Lipinski definition) is 1. The Labute approximate surface area is 116 Å². The van der Waals surface area contributed by atoms with E-state index >= 15 is 0 Å². The molecular formula is C13H15ClN2O3. The van der Waals surface area contributed by atoms with Crippen molar-refractivity contribution in [2.75, 3.05) is 13.1 Å². The topological polar surface area (TPSA) is 70.5 Å². The number of aryl methyl sites for hydroxylation is 1. The number of carbonyl (C=O) groups excluding carboxylic acids is 1. The summed E-state index contributed by atoms with van der Waals surface area (Å²) in [5, 5.41) is 9.42. The summed E-state index contributed by atoms with van der Waals surface area (Å²) in [6.07, 6.45) is 1.44. The molecule has 2 heterocycles. The molecule has 1 amide bonds. The fourth-order valence-electron chi connectivity index (χ4n) is 2.31. The van der Waals surface area contributed by atoms with Crippen LogP contribution in [0.3, 0.4) is 0 Å². The molecule has 0 radical (unpaired) electrons. The quantitative estimate of drug-likeness (QED) is 0.898. The van der Waals surface area contributed by atoms with Gasteiger partial charge in [-0.2, -0.15) is 0 Å². The average molecular weight is 283 g/mol. The molecule has 0 bridgehead atoms. The highest BCUT2D eigenvalue weighted by molar-refractivity contribution is 6.33. The zero-order chi connectivity index (χ0) is 14.2. The molecule has 1 fully saturated rings. The van der Waals surface area contributed by atoms with Crippen LogP contribution < -0.4 is 0 Å². The molecule has 19 heavy (non-hydrogen) atoms. The number of amides is 1. The lowest BCUT2D eigenvalue weighted by Crippen LogP contribution is -2.30. The predicted molar refractivity (Wildman–Crippen MR) is 70.2 cm³/mol. The third-order valence-electron chi connectivity index (χ3n) is 3.44. The first-order valence-electron chi connectivity index (χ1n) is 6.04. The van der Waals surface area contributed by atoms with Crippen LogP contribution in [0.25, 0.3) is 0 Å². The standard InChI is InChI=1S/C13H15ClN2O3/c1-7-5-16(6-10(7)13(18)19)12(17)9-4-15-8(2)3-11(9)14/h3-4,7,10H,5-6H2,1-2H3,(H,18,19). The first kappa shape index (κ1) is 13.8. The zero-order valence-corrected chi connectivity index (χ0v) is 11.5. The third-order valence-corrected chi connectivity index (χ3v) is 3.75. The van der Waals surface area contributed by atoms with E-state index in [0.717, 1.165) is 5.69 Å². The summed E-state index contributed by atoms with van der Waals surface area (Å²) < 4.78 is 0. The van der Waals surface area contributed by atoms with Crippen molar-refractivity contribution in [2.45, 2.75) is 13.8 Å². The largest absolute Gasteiger partial charge is 0.481 e. The lowest BCUT2D eigenvalue weighted by atomic mass is 9.99. The Morgan fingerprint density at radius 1 is 1.47 bits per heavy atom. The highest BCUT2D eigenvalue weighted by Crippen LogP contribution is 2.26. The molecular weight excluding hydrogens is 268 g/mol. The molecule has 1 aromatic heterocycles. The van der Waals surface area contributed by atoms with E-state index in [2.05, 4.69) is 4.98 Å². The van der Waals surface area contributed by atoms with Gasteiger partial charge in [-0.05, 0) is 18.9 Å². The molecule has 1 aliphatic rings. The minimum Gasteiger partial charge on any atom is -0.481 e. The summed E-state index contributed by atoms with van der Waals surface area (Å²) in [6.45, 7) is 4.28. The highest BCUT2D eigenvalue weighted by atomic mass is 35.5. The molecule has 102 valence electrons. The van der Waals surface area contributed by atoms with Gasteiger partial charge in [-0.25, -0.2) is 0 Å². The molecule has 0 aromatic carbocycles. The van der Waals surface area contributed by atoms with Crippen molar-refractivity contribution in [3.63, 3.8) is 0 Å². The lowest BCUT2D eigenvalue weighted by molar-refractivity contribution is -0.142. The molecule has 1 saturated heterocycles. The first-order chi connectivity index (χ1) is 8.90. The monoisotopic (exact) mass is 282 g/mol. The van der Waals surface area contributed by atoms with Crippen LogP contribution in [0, 0.1) is 18.8 Å². The number of carboxylic acid groups (broad SMARTS) is 1. The zero-order valence-electron chi connectivity index (χ0n) is 10.8. The van der Waals surface area contributed by atoms with E-state index in [1.807, 2.05) is 6.92 Å². The van der Waals surface area contributed by atoms with Crippen molar-refractivity contribution in [1.82, 2.24) is 9.88 Å². The molecule has 2 atom stereocenters. The minimum atomic E-state index is -0.865. The molecule has 0 aliphatic carbocycles. The Hall–Kier alpha value is -1.62. The van der Waals surface area contributed by atoms with Crippen LogP contribution in [0.5, 0.6) is 0 Å². The predicted octanol–water partition coefficient (Wildman–Crippen LogP) is 1.84. The van der Waals surface area contributed by atoms with E-state index < -0.39 is 11.9 Å². The fraction of sp³-hybridized carbons (Fsp3) is 0.462. The van der Waals surface area contributed by atoms with Crippen LogP contribution >= 0.6 is 11.6 Å². The summed E-state index contributed by atoms with van der Waals surface area (Å²) in [4.78, 5) is 28.9. The van der Waals surface area contributed by atoms with Gasteiger partial charge in [0, 0.05) is 25.0 Å². The van der Waals surface area contributed by atoms with Crippen LogP contribution in [0.15, 0.2) is 12.3 Å². The van der Waals surface area contributed by atoms with Gasteiger partial charge in [0.05, 0.1) is 16.5 Å². The van der Waals surface area contributed by atoms with Crippen LogP contribution in [-0.4, -0.2) is 40.0 Å². The Morgan fingerprint density at radius 3 is 2.68 bits per heavy atom. The van der Waals surface area contributed by atoms with Crippen LogP contribution in [0.2, 0.25) is 5.02 Å². The Balaban J connectivity index is 2.19. The van der Waals surface area contributed by atoms with Gasteiger partial charge >= 0.3 is 5.97 Å². The first-order valence-corrected chi connectivity index (χ1v) is 6.42. The van der Waals surface area contributed by atoms with E-state index in [4.69, 9.17) is 16.7 Å². The van der Waals surface area contributed by atoms with Gasteiger partial charge in [0.25, 0.3) is 5.91 Å². The average Bonchev–Trinajstić information content (AvgIpc) is 2.70. The smallest absolute Gasteiger partial charge is 0.308 e. The fourth-order valence-corrected chi connectivity index (χ4v) is 2.60. The second-order valence-corrected chi connectivity index (χ2v) is 5.34.